The van der Waals surface area contributed by atoms with Gasteiger partial charge in [0, 0.05) is 23.7 Å². The molecule has 0 saturated heterocycles. The average molecular weight is 259 g/mol. The molecule has 2 N–H and O–H groups in total. The molecular weight excluding hydrogens is 248 g/mol. The van der Waals surface area contributed by atoms with Crippen molar-refractivity contribution in [3.8, 4) is 0 Å². The van der Waals surface area contributed by atoms with Crippen LogP contribution in [0.15, 0.2) is 42.6 Å². The first kappa shape index (κ1) is 11.0. The van der Waals surface area contributed by atoms with Crippen LogP contribution in [0.1, 0.15) is 11.3 Å². The molecule has 0 atom stereocenters. The van der Waals surface area contributed by atoms with Crippen molar-refractivity contribution >= 4 is 23.1 Å². The highest BCUT2D eigenvalue weighted by Crippen LogP contribution is 2.15. The fraction of sp³-hybridized carbons (Fsp3) is 0.0769. The number of aromatic nitrogens is 3. The summed E-state index contributed by atoms with van der Waals surface area (Å²) in [4.78, 5) is 4.22. The Morgan fingerprint density at radius 3 is 2.89 bits per heavy atom. The number of hydrogen-bond acceptors (Lipinski definition) is 3. The zero-order chi connectivity index (χ0) is 12.5. The molecule has 0 radical (unpaired) electrons. The normalized spacial score (nSPS) is 10.9. The Balaban J connectivity index is 1.98. The third kappa shape index (κ3) is 2.02. The molecule has 0 aliphatic carbocycles. The lowest BCUT2D eigenvalue weighted by Gasteiger charge is -1.98. The van der Waals surface area contributed by atoms with E-state index < -0.39 is 0 Å². The Labute approximate surface area is 109 Å². The molecule has 1 aromatic carbocycles. The van der Waals surface area contributed by atoms with Crippen LogP contribution in [0, 0.1) is 0 Å². The summed E-state index contributed by atoms with van der Waals surface area (Å²) in [6.07, 6.45) is 2.39. The Bertz CT molecular complexity index is 705. The molecule has 0 aliphatic heterocycles. The molecule has 18 heavy (non-hydrogen) atoms. The largest absolute Gasteiger partial charge is 0.384 e. The maximum atomic E-state index is 5.96. The number of halogens is 1. The van der Waals surface area contributed by atoms with Crippen LogP contribution in [0.2, 0.25) is 5.02 Å². The molecule has 0 spiro atoms. The van der Waals surface area contributed by atoms with E-state index in [-0.39, 0.29) is 0 Å². The van der Waals surface area contributed by atoms with Crippen molar-refractivity contribution in [2.24, 2.45) is 0 Å². The minimum Gasteiger partial charge on any atom is -0.384 e. The summed E-state index contributed by atoms with van der Waals surface area (Å²) in [7, 11) is 0. The minimum atomic E-state index is 0.581. The number of hydrogen-bond donors (Lipinski definition) is 1. The van der Waals surface area contributed by atoms with Crippen LogP contribution in [0.5, 0.6) is 0 Å². The van der Waals surface area contributed by atoms with Crippen LogP contribution in [0.4, 0.5) is 5.82 Å². The van der Waals surface area contributed by atoms with E-state index in [0.29, 0.717) is 12.2 Å². The van der Waals surface area contributed by atoms with Crippen LogP contribution in [0.25, 0.3) is 5.65 Å². The Morgan fingerprint density at radius 2 is 2.11 bits per heavy atom. The first-order chi connectivity index (χ1) is 8.72. The number of rotatable bonds is 2. The van der Waals surface area contributed by atoms with E-state index in [1.54, 1.807) is 16.8 Å². The number of nitrogen functional groups attached to an aromatic ring is 1. The van der Waals surface area contributed by atoms with Gasteiger partial charge in [-0.25, -0.2) is 4.98 Å². The zero-order valence-corrected chi connectivity index (χ0v) is 10.3. The second-order valence-corrected chi connectivity index (χ2v) is 4.52. The van der Waals surface area contributed by atoms with E-state index in [1.165, 1.54) is 0 Å². The van der Waals surface area contributed by atoms with Gasteiger partial charge >= 0.3 is 0 Å². The molecule has 0 unspecified atom stereocenters. The fourth-order valence-electron chi connectivity index (χ4n) is 1.90. The maximum absolute atomic E-state index is 5.96. The molecule has 0 bridgehead atoms. The molecule has 5 heteroatoms. The second kappa shape index (κ2) is 4.31. The maximum Gasteiger partial charge on any atom is 0.157 e. The third-order valence-corrected chi connectivity index (χ3v) is 2.95. The Morgan fingerprint density at radius 1 is 1.22 bits per heavy atom. The summed E-state index contributed by atoms with van der Waals surface area (Å²) in [6.45, 7) is 0. The molecule has 2 aromatic heterocycles. The van der Waals surface area contributed by atoms with Crippen LogP contribution in [-0.4, -0.2) is 14.6 Å². The predicted octanol–water partition coefficient (Wildman–Crippen LogP) is 2.56. The van der Waals surface area contributed by atoms with Crippen molar-refractivity contribution < 1.29 is 0 Å². The van der Waals surface area contributed by atoms with Crippen molar-refractivity contribution in [2.45, 2.75) is 6.42 Å². The van der Waals surface area contributed by atoms with Crippen molar-refractivity contribution in [3.05, 3.63) is 58.9 Å². The third-order valence-electron chi connectivity index (χ3n) is 2.71. The summed E-state index contributed by atoms with van der Waals surface area (Å²) in [5.74, 6) is 0.581. The molecule has 2 heterocycles. The van der Waals surface area contributed by atoms with E-state index >= 15 is 0 Å². The zero-order valence-electron chi connectivity index (χ0n) is 9.55. The minimum absolute atomic E-state index is 0.581. The first-order valence-corrected chi connectivity index (χ1v) is 5.94. The number of nitrogens with zero attached hydrogens (tertiary/aromatic N) is 3. The first-order valence-electron chi connectivity index (χ1n) is 5.56. The number of anilines is 1. The number of benzene rings is 1. The van der Waals surface area contributed by atoms with Crippen LogP contribution in [-0.2, 0) is 6.42 Å². The number of fused-ring (bicyclic) bond motifs is 1. The van der Waals surface area contributed by atoms with Crippen LogP contribution < -0.4 is 5.73 Å². The van der Waals surface area contributed by atoms with E-state index in [4.69, 9.17) is 17.3 Å². The summed E-state index contributed by atoms with van der Waals surface area (Å²) in [5, 5.41) is 5.15. The average Bonchev–Trinajstić information content (AvgIpc) is 2.73. The van der Waals surface area contributed by atoms with Gasteiger partial charge in [-0.1, -0.05) is 23.7 Å². The SMILES string of the molecule is Nc1ccnc2cc(Cc3cccc(Cl)c3)nn12. The standard InChI is InChI=1S/C13H11ClN4/c14-10-3-1-2-9(6-10)7-11-8-13-16-5-4-12(15)18(13)17-11/h1-6,8H,7,15H2. The van der Waals surface area contributed by atoms with Gasteiger partial charge in [0.2, 0.25) is 0 Å². The lowest BCUT2D eigenvalue weighted by Crippen LogP contribution is -1.99. The highest BCUT2D eigenvalue weighted by Gasteiger charge is 2.05. The van der Waals surface area contributed by atoms with E-state index in [2.05, 4.69) is 10.1 Å². The summed E-state index contributed by atoms with van der Waals surface area (Å²) in [6, 6.07) is 11.4. The molecule has 90 valence electrons. The van der Waals surface area contributed by atoms with Gasteiger partial charge in [-0.15, -0.1) is 0 Å². The molecule has 3 rings (SSSR count). The lowest BCUT2D eigenvalue weighted by atomic mass is 10.1. The highest BCUT2D eigenvalue weighted by molar-refractivity contribution is 6.30. The van der Waals surface area contributed by atoms with Crippen LogP contribution >= 0.6 is 11.6 Å². The monoisotopic (exact) mass is 258 g/mol. The summed E-state index contributed by atoms with van der Waals surface area (Å²) >= 11 is 5.96. The molecule has 0 saturated carbocycles. The van der Waals surface area contributed by atoms with Gasteiger partial charge < -0.3 is 5.73 Å². The number of nitrogens with two attached hydrogens (primary N) is 1. The molecule has 0 fully saturated rings. The Hall–Kier alpha value is -2.07. The van der Waals surface area contributed by atoms with E-state index in [9.17, 15) is 0 Å². The molecule has 4 nitrogen and oxygen atoms in total. The fourth-order valence-corrected chi connectivity index (χ4v) is 2.12. The predicted molar refractivity (Wildman–Crippen MR) is 71.7 cm³/mol. The molecule has 3 aromatic rings. The van der Waals surface area contributed by atoms with Crippen molar-refractivity contribution in [1.29, 1.82) is 0 Å². The van der Waals surface area contributed by atoms with Crippen LogP contribution in [0.3, 0.4) is 0 Å². The van der Waals surface area contributed by atoms with Gasteiger partial charge in [-0.3, -0.25) is 0 Å². The molecule has 0 amide bonds. The van der Waals surface area contributed by atoms with E-state index in [1.807, 2.05) is 30.3 Å². The van der Waals surface area contributed by atoms with Gasteiger partial charge in [-0.05, 0) is 23.8 Å². The van der Waals surface area contributed by atoms with Crippen molar-refractivity contribution in [3.63, 3.8) is 0 Å². The highest BCUT2D eigenvalue weighted by atomic mass is 35.5. The Kier molecular flexibility index (Phi) is 2.64. The van der Waals surface area contributed by atoms with Gasteiger partial charge in [0.25, 0.3) is 0 Å². The van der Waals surface area contributed by atoms with Crippen molar-refractivity contribution in [1.82, 2.24) is 14.6 Å². The van der Waals surface area contributed by atoms with Gasteiger partial charge in [0.1, 0.15) is 5.82 Å². The van der Waals surface area contributed by atoms with Gasteiger partial charge in [0.05, 0.1) is 5.69 Å². The topological polar surface area (TPSA) is 56.2 Å². The summed E-state index contributed by atoms with van der Waals surface area (Å²) < 4.78 is 1.64. The smallest absolute Gasteiger partial charge is 0.157 e. The quantitative estimate of drug-likeness (QED) is 0.769. The second-order valence-electron chi connectivity index (χ2n) is 4.08. The van der Waals surface area contributed by atoms with Crippen molar-refractivity contribution in [2.75, 3.05) is 5.73 Å². The molecular formula is C13H11ClN4. The molecule has 0 aliphatic rings. The summed E-state index contributed by atoms with van der Waals surface area (Å²) in [5.41, 5.74) is 8.62. The van der Waals surface area contributed by atoms with Gasteiger partial charge in [0.15, 0.2) is 5.65 Å². The van der Waals surface area contributed by atoms with E-state index in [0.717, 1.165) is 21.9 Å². The lowest BCUT2D eigenvalue weighted by molar-refractivity contribution is 0.907. The van der Waals surface area contributed by atoms with Gasteiger partial charge in [-0.2, -0.15) is 9.61 Å².